The van der Waals surface area contributed by atoms with Crippen molar-refractivity contribution in [3.63, 3.8) is 0 Å². The standard InChI is InChI=1S/C53H68N10O22S2.11Na/c64-41(65)24-58(9-11-60(26-43(68)69)27-44(70)71)13-15-62(30-47(76)77)39(50(82)83)20-32-1-5-37(6-2-32)56-52(86)54-22-34-17-35(19-36(18-34)49(80)81)23-55-53(87)57-38-7-3-33(4-8-38)21-40(51(84)85)63(31-48(78)79)16-14-59(25-42(66)67)10-12-61(28-45(72)73)29-46(74)75;;;;;;;;;;;/h1-8,17-19,39-40H,9-16,20-31H2,(H,64,65)(H,66,67)(H,68,69)(H,70,71)(H,72,73)(H,74,75)(H,76,77)(H,78,79)(H,80,81)(H,82,83)(H,84,85)(H2,54,56,86)(H2,55,57,87);;;;;;;;;;;/q;11*+1/p-11. The normalized spacial score (nSPS) is 10.6. The number of aliphatic carboxylic acids is 10. The molecule has 0 saturated carbocycles. The Kier molecular flexibility index (Phi) is 78.4. The predicted molar refractivity (Wildman–Crippen MR) is 284 cm³/mol. The van der Waals surface area contributed by atoms with Crippen molar-refractivity contribution in [3.05, 3.63) is 94.5 Å². The first-order valence-corrected chi connectivity index (χ1v) is 26.8. The first-order valence-electron chi connectivity index (χ1n) is 25.9. The first-order chi connectivity index (χ1) is 40.9. The van der Waals surface area contributed by atoms with Crippen LogP contribution in [-0.4, -0.2) is 222 Å². The van der Waals surface area contributed by atoms with Crippen LogP contribution in [0.25, 0.3) is 0 Å². The second-order valence-electron chi connectivity index (χ2n) is 19.3. The molecule has 0 bridgehead atoms. The van der Waals surface area contributed by atoms with Crippen LogP contribution in [0.1, 0.15) is 32.6 Å². The molecule has 32 nitrogen and oxygen atoms in total. The summed E-state index contributed by atoms with van der Waals surface area (Å²) in [5.41, 5.74) is 2.21. The summed E-state index contributed by atoms with van der Waals surface area (Å²) in [6.07, 6.45) is -0.638. The third kappa shape index (κ3) is 52.9. The molecule has 0 heterocycles. The van der Waals surface area contributed by atoms with Gasteiger partial charge >= 0.3 is 325 Å². The van der Waals surface area contributed by atoms with Gasteiger partial charge in [0.2, 0.25) is 0 Å². The Morgan fingerprint density at radius 3 is 0.816 bits per heavy atom. The maximum absolute atomic E-state index is 12.4. The quantitative estimate of drug-likeness (QED) is 0.0302. The van der Waals surface area contributed by atoms with Crippen LogP contribution in [0.15, 0.2) is 66.7 Å². The van der Waals surface area contributed by atoms with Crippen LogP contribution >= 0.6 is 24.4 Å². The molecule has 0 saturated heterocycles. The van der Waals surface area contributed by atoms with Gasteiger partial charge in [0.15, 0.2) is 10.2 Å². The van der Waals surface area contributed by atoms with E-state index in [1.54, 1.807) is 6.07 Å². The van der Waals surface area contributed by atoms with Gasteiger partial charge in [-0.25, -0.2) is 0 Å². The minimum atomic E-state index is -1.69. The Bertz CT molecular complexity index is 2770. The summed E-state index contributed by atoms with van der Waals surface area (Å²) in [5, 5.41) is 139. The Morgan fingerprint density at radius 2 is 0.571 bits per heavy atom. The Balaban J connectivity index is -0.00000103. The van der Waals surface area contributed by atoms with E-state index in [2.05, 4.69) is 21.3 Å². The zero-order valence-electron chi connectivity index (χ0n) is 57.1. The van der Waals surface area contributed by atoms with Gasteiger partial charge in [-0.15, -0.1) is 0 Å². The molecule has 0 aromatic heterocycles. The molecule has 2 atom stereocenters. The molecule has 0 aliphatic heterocycles. The SMILES string of the molecule is O=C([O-])CN(CCN(CC(=O)[O-])CC(=O)[O-])CCN(CC(=O)[O-])C(Cc1ccc(NC(=S)NCc2cc(CNC(=S)Nc3ccc(CC(C(=O)[O-])N(CCN(CCN(CC(=O)[O-])CC(=O)[O-])CC(=O)[O-])CC(=O)[O-])cc3)cc(C(=O)[O-])c2)cc1)C(=O)[O-].[Na+].[Na+].[Na+].[Na+].[Na+].[Na+].[Na+].[Na+].[Na+].[Na+].[Na+]. The van der Waals surface area contributed by atoms with E-state index in [-0.39, 0.29) is 419 Å². The van der Waals surface area contributed by atoms with Crippen molar-refractivity contribution in [2.24, 2.45) is 0 Å². The summed E-state index contributed by atoms with van der Waals surface area (Å²) < 4.78 is 0. The minimum Gasteiger partial charge on any atom is -0.549 e. The molecule has 3 aromatic rings. The number of carboxylic acids is 11. The number of nitrogens with zero attached hydrogens (tertiary/aromatic N) is 6. The molecule has 2 unspecified atom stereocenters. The third-order valence-electron chi connectivity index (χ3n) is 12.6. The molecule has 3 aromatic carbocycles. The number of hydrogen-bond donors (Lipinski definition) is 4. The van der Waals surface area contributed by atoms with Crippen LogP contribution in [0.2, 0.25) is 0 Å². The van der Waals surface area contributed by atoms with Crippen LogP contribution in [0.5, 0.6) is 0 Å². The number of rotatable bonds is 43. The van der Waals surface area contributed by atoms with Gasteiger partial charge in [0.05, 0.1) is 77.7 Å². The molecule has 0 aliphatic carbocycles. The summed E-state index contributed by atoms with van der Waals surface area (Å²) >= 11 is 10.9. The van der Waals surface area contributed by atoms with Gasteiger partial charge in [-0.1, -0.05) is 30.3 Å². The average Bonchev–Trinajstić information content (AvgIpc) is 0.972. The second kappa shape index (κ2) is 64.9. The molecule has 0 amide bonds. The van der Waals surface area contributed by atoms with Crippen LogP contribution in [0.4, 0.5) is 11.4 Å². The Hall–Kier alpha value is 1.97. The van der Waals surface area contributed by atoms with E-state index < -0.39 is 130 Å². The topological polar surface area (TPSA) is 509 Å². The van der Waals surface area contributed by atoms with Crippen molar-refractivity contribution in [2.75, 3.05) is 115 Å². The van der Waals surface area contributed by atoms with E-state index in [1.165, 1.54) is 60.7 Å². The summed E-state index contributed by atoms with van der Waals surface area (Å²) in [6, 6.07) is 13.2. The molecule has 3 rings (SSSR count). The monoisotopic (exact) mass is 1500 g/mol. The number of carboxylic acid groups (broad SMARTS) is 11. The van der Waals surface area contributed by atoms with Gasteiger partial charge in [-0.05, 0) is 101 Å². The second-order valence-corrected chi connectivity index (χ2v) is 20.1. The number of thiocarbonyl (C=S) groups is 2. The zero-order chi connectivity index (χ0) is 64.9. The smallest absolute Gasteiger partial charge is 0.549 e. The van der Waals surface area contributed by atoms with Gasteiger partial charge in [-0.2, -0.15) is 0 Å². The Morgan fingerprint density at radius 1 is 0.327 bits per heavy atom. The van der Waals surface area contributed by atoms with Crippen molar-refractivity contribution in [3.8, 4) is 0 Å². The first kappa shape index (κ1) is 118. The molecule has 98 heavy (non-hydrogen) atoms. The molecule has 45 heteroatoms. The molecule has 0 radical (unpaired) electrons. The van der Waals surface area contributed by atoms with Gasteiger partial charge in [0.1, 0.15) is 0 Å². The summed E-state index contributed by atoms with van der Waals surface area (Å²) in [7, 11) is 0. The van der Waals surface area contributed by atoms with E-state index in [4.69, 9.17) is 24.4 Å². The van der Waals surface area contributed by atoms with Gasteiger partial charge in [0.25, 0.3) is 0 Å². The summed E-state index contributed by atoms with van der Waals surface area (Å²) in [5.74, 6) is -17.9. The predicted octanol–water partition coefficient (Wildman–Crippen LogP) is -48.8. The van der Waals surface area contributed by atoms with Crippen molar-refractivity contribution in [1.82, 2.24) is 40.0 Å². The maximum atomic E-state index is 12.4. The maximum Gasteiger partial charge on any atom is 1.00 e. The molecule has 4 N–H and O–H groups in total. The molecular weight excluding hydrogens is 1450 g/mol. The van der Waals surface area contributed by atoms with Crippen LogP contribution in [0.3, 0.4) is 0 Å². The van der Waals surface area contributed by atoms with Crippen molar-refractivity contribution in [2.45, 2.75) is 38.0 Å². The fraction of sp³-hybridized carbons (Fsp3) is 0.415. The number of nitrogens with one attached hydrogen (secondary N) is 4. The molecule has 0 spiro atoms. The molecular formula is C53H57N10Na11O22S2. The average molecular weight is 1500 g/mol. The van der Waals surface area contributed by atoms with Gasteiger partial charge in [0, 0.05) is 129 Å². The van der Waals surface area contributed by atoms with E-state index in [0.29, 0.717) is 33.6 Å². The third-order valence-corrected chi connectivity index (χ3v) is 13.0. The largest absolute Gasteiger partial charge is 1.00 e. The summed E-state index contributed by atoms with van der Waals surface area (Å²) in [4.78, 5) is 134. The number of hydrogen-bond acceptors (Lipinski definition) is 30. The molecule has 0 aliphatic rings. The van der Waals surface area contributed by atoms with E-state index >= 15 is 0 Å². The number of anilines is 2. The van der Waals surface area contributed by atoms with Crippen LogP contribution < -0.4 is 403 Å². The van der Waals surface area contributed by atoms with E-state index in [0.717, 1.165) is 29.4 Å². The minimum absolute atomic E-state index is 0. The Labute approximate surface area is 819 Å². The summed E-state index contributed by atoms with van der Waals surface area (Å²) in [6.45, 7) is -9.33. The fourth-order valence-corrected chi connectivity index (χ4v) is 8.99. The molecule has 474 valence electrons. The number of benzene rings is 3. The van der Waals surface area contributed by atoms with Crippen LogP contribution in [-0.2, 0) is 73.9 Å². The van der Waals surface area contributed by atoms with E-state index in [1.807, 2.05) is 0 Å². The number of carbonyl (C=O) groups excluding carboxylic acids is 11. The number of carbonyl (C=O) groups is 11. The van der Waals surface area contributed by atoms with Crippen molar-refractivity contribution in [1.29, 1.82) is 0 Å². The van der Waals surface area contributed by atoms with Crippen molar-refractivity contribution < 1.29 is 434 Å². The van der Waals surface area contributed by atoms with Gasteiger partial charge < -0.3 is 130 Å². The fourth-order valence-electron chi connectivity index (χ4n) is 8.61. The zero-order valence-corrected chi connectivity index (χ0v) is 80.8. The van der Waals surface area contributed by atoms with Crippen molar-refractivity contribution >= 4 is 112 Å². The molecule has 0 fully saturated rings. The van der Waals surface area contributed by atoms with E-state index in [9.17, 15) is 109 Å². The van der Waals surface area contributed by atoms with Gasteiger partial charge in [-0.3, -0.25) is 29.4 Å². The van der Waals surface area contributed by atoms with Crippen LogP contribution in [0, 0.1) is 0 Å². The number of aromatic carboxylic acids is 1.